The number of carbonyl (C=O) groups is 2. The van der Waals surface area contributed by atoms with Crippen molar-refractivity contribution in [2.75, 3.05) is 18.1 Å². The van der Waals surface area contributed by atoms with Crippen LogP contribution in [0.15, 0.2) is 0 Å². The number of carbonyl (C=O) groups excluding carboxylic acids is 2. The van der Waals surface area contributed by atoms with Gasteiger partial charge in [-0.25, -0.2) is 4.79 Å². The van der Waals surface area contributed by atoms with E-state index in [0.717, 1.165) is 11.5 Å². The standard InChI is InChI=1S/C8H12N2O2S/c1-5-3-13-4-6(5)10-2-7(11)9-8(10)12/h5-6H,2-4H2,1H3,(H,9,11,12). The van der Waals surface area contributed by atoms with Crippen molar-refractivity contribution in [1.82, 2.24) is 10.2 Å². The molecule has 0 aromatic carbocycles. The summed E-state index contributed by atoms with van der Waals surface area (Å²) in [6.07, 6.45) is 0. The van der Waals surface area contributed by atoms with Crippen LogP contribution in [0, 0.1) is 5.92 Å². The van der Waals surface area contributed by atoms with Crippen LogP contribution in [0.2, 0.25) is 0 Å². The van der Waals surface area contributed by atoms with Gasteiger partial charge in [-0.1, -0.05) is 6.92 Å². The lowest BCUT2D eigenvalue weighted by Crippen LogP contribution is -2.41. The highest BCUT2D eigenvalue weighted by atomic mass is 32.2. The molecule has 72 valence electrons. The quantitative estimate of drug-likeness (QED) is 0.619. The number of urea groups is 1. The van der Waals surface area contributed by atoms with Crippen molar-refractivity contribution in [3.8, 4) is 0 Å². The first kappa shape index (κ1) is 8.87. The van der Waals surface area contributed by atoms with Gasteiger partial charge in [0.05, 0.1) is 0 Å². The lowest BCUT2D eigenvalue weighted by molar-refractivity contribution is -0.118. The molecule has 2 unspecified atom stereocenters. The van der Waals surface area contributed by atoms with Gasteiger partial charge < -0.3 is 4.90 Å². The Balaban J connectivity index is 2.08. The summed E-state index contributed by atoms with van der Waals surface area (Å²) >= 11 is 1.85. The third kappa shape index (κ3) is 1.52. The monoisotopic (exact) mass is 200 g/mol. The van der Waals surface area contributed by atoms with Gasteiger partial charge in [-0.15, -0.1) is 0 Å². The van der Waals surface area contributed by atoms with E-state index < -0.39 is 0 Å². The highest BCUT2D eigenvalue weighted by molar-refractivity contribution is 7.99. The average molecular weight is 200 g/mol. The third-order valence-electron chi connectivity index (χ3n) is 2.55. The second-order valence-electron chi connectivity index (χ2n) is 3.56. The van der Waals surface area contributed by atoms with E-state index in [1.165, 1.54) is 0 Å². The number of amides is 3. The summed E-state index contributed by atoms with van der Waals surface area (Å²) in [5.74, 6) is 2.38. The number of nitrogens with one attached hydrogen (secondary N) is 1. The summed E-state index contributed by atoms with van der Waals surface area (Å²) in [6.45, 7) is 2.37. The molecule has 2 heterocycles. The van der Waals surface area contributed by atoms with Gasteiger partial charge in [0.1, 0.15) is 6.54 Å². The lowest BCUT2D eigenvalue weighted by atomic mass is 10.1. The van der Waals surface area contributed by atoms with E-state index in [1.54, 1.807) is 4.90 Å². The maximum absolute atomic E-state index is 11.3. The number of hydrogen-bond acceptors (Lipinski definition) is 3. The van der Waals surface area contributed by atoms with Crippen LogP contribution in [-0.2, 0) is 4.79 Å². The van der Waals surface area contributed by atoms with E-state index in [0.29, 0.717) is 5.92 Å². The molecule has 2 rings (SSSR count). The Morgan fingerprint density at radius 3 is 2.69 bits per heavy atom. The van der Waals surface area contributed by atoms with Crippen LogP contribution in [0.1, 0.15) is 6.92 Å². The zero-order valence-corrected chi connectivity index (χ0v) is 8.26. The topological polar surface area (TPSA) is 49.4 Å². The summed E-state index contributed by atoms with van der Waals surface area (Å²) in [6, 6.07) is 0.0285. The minimum Gasteiger partial charge on any atom is -0.311 e. The summed E-state index contributed by atoms with van der Waals surface area (Å²) in [4.78, 5) is 23.9. The highest BCUT2D eigenvalue weighted by Crippen LogP contribution is 2.28. The minimum atomic E-state index is -0.218. The van der Waals surface area contributed by atoms with Crippen LogP contribution in [0.5, 0.6) is 0 Å². The van der Waals surface area contributed by atoms with E-state index in [9.17, 15) is 9.59 Å². The Morgan fingerprint density at radius 1 is 1.46 bits per heavy atom. The fourth-order valence-corrected chi connectivity index (χ4v) is 3.25. The summed E-state index contributed by atoms with van der Waals surface area (Å²) in [5, 5.41) is 2.30. The molecule has 2 fully saturated rings. The van der Waals surface area contributed by atoms with Gasteiger partial charge in [0.2, 0.25) is 5.91 Å². The van der Waals surface area contributed by atoms with E-state index in [2.05, 4.69) is 12.2 Å². The molecule has 2 aliphatic rings. The third-order valence-corrected chi connectivity index (χ3v) is 3.89. The molecule has 0 radical (unpaired) electrons. The average Bonchev–Trinajstić information content (AvgIpc) is 2.58. The number of imide groups is 1. The molecule has 5 heteroatoms. The molecule has 0 aliphatic carbocycles. The maximum atomic E-state index is 11.3. The van der Waals surface area contributed by atoms with Crippen LogP contribution < -0.4 is 5.32 Å². The van der Waals surface area contributed by atoms with Crippen molar-refractivity contribution in [1.29, 1.82) is 0 Å². The minimum absolute atomic E-state index is 0.172. The fraction of sp³-hybridized carbons (Fsp3) is 0.750. The summed E-state index contributed by atoms with van der Waals surface area (Å²) < 4.78 is 0. The van der Waals surface area contributed by atoms with Crippen LogP contribution in [-0.4, -0.2) is 40.9 Å². The molecule has 0 spiro atoms. The normalized spacial score (nSPS) is 34.1. The predicted molar refractivity (Wildman–Crippen MR) is 50.5 cm³/mol. The molecule has 13 heavy (non-hydrogen) atoms. The Hall–Kier alpha value is -0.710. The highest BCUT2D eigenvalue weighted by Gasteiger charge is 2.37. The number of nitrogens with zero attached hydrogens (tertiary/aromatic N) is 1. The first-order valence-electron chi connectivity index (χ1n) is 4.36. The second kappa shape index (κ2) is 3.21. The molecule has 0 aromatic heterocycles. The Labute approximate surface area is 81.0 Å². The van der Waals surface area contributed by atoms with Gasteiger partial charge in [0.25, 0.3) is 0 Å². The predicted octanol–water partition coefficient (Wildman–Crippen LogP) is 0.290. The first-order valence-corrected chi connectivity index (χ1v) is 5.52. The van der Waals surface area contributed by atoms with Gasteiger partial charge in [-0.05, 0) is 11.7 Å². The van der Waals surface area contributed by atoms with E-state index in [-0.39, 0.29) is 24.5 Å². The molecular formula is C8H12N2O2S. The molecular weight excluding hydrogens is 188 g/mol. The molecule has 4 nitrogen and oxygen atoms in total. The van der Waals surface area contributed by atoms with Gasteiger partial charge in [-0.3, -0.25) is 10.1 Å². The molecule has 1 N–H and O–H groups in total. The van der Waals surface area contributed by atoms with Crippen LogP contribution in [0.25, 0.3) is 0 Å². The summed E-state index contributed by atoms with van der Waals surface area (Å²) in [7, 11) is 0. The number of rotatable bonds is 1. The molecule has 2 aliphatic heterocycles. The molecule has 0 aromatic rings. The largest absolute Gasteiger partial charge is 0.324 e. The van der Waals surface area contributed by atoms with Gasteiger partial charge in [-0.2, -0.15) is 11.8 Å². The molecule has 2 atom stereocenters. The van der Waals surface area contributed by atoms with Gasteiger partial charge >= 0.3 is 6.03 Å². The Kier molecular flexibility index (Phi) is 2.19. The van der Waals surface area contributed by atoms with Crippen molar-refractivity contribution in [3.05, 3.63) is 0 Å². The lowest BCUT2D eigenvalue weighted by Gasteiger charge is -2.24. The van der Waals surface area contributed by atoms with Crippen molar-refractivity contribution in [2.24, 2.45) is 5.92 Å². The van der Waals surface area contributed by atoms with Crippen molar-refractivity contribution >= 4 is 23.7 Å². The first-order chi connectivity index (χ1) is 6.18. The van der Waals surface area contributed by atoms with E-state index in [4.69, 9.17) is 0 Å². The van der Waals surface area contributed by atoms with Crippen LogP contribution in [0.4, 0.5) is 4.79 Å². The SMILES string of the molecule is CC1CSCC1N1CC(=O)NC1=O. The zero-order valence-electron chi connectivity index (χ0n) is 7.45. The maximum Gasteiger partial charge on any atom is 0.324 e. The Morgan fingerprint density at radius 2 is 2.23 bits per heavy atom. The number of hydrogen-bond donors (Lipinski definition) is 1. The molecule has 3 amide bonds. The number of thioether (sulfide) groups is 1. The van der Waals surface area contributed by atoms with E-state index >= 15 is 0 Å². The van der Waals surface area contributed by atoms with Crippen LogP contribution in [0.3, 0.4) is 0 Å². The fourth-order valence-electron chi connectivity index (χ4n) is 1.77. The second-order valence-corrected chi connectivity index (χ2v) is 4.64. The van der Waals surface area contributed by atoms with Crippen molar-refractivity contribution in [3.63, 3.8) is 0 Å². The van der Waals surface area contributed by atoms with Gasteiger partial charge in [0, 0.05) is 11.8 Å². The zero-order chi connectivity index (χ0) is 9.42. The van der Waals surface area contributed by atoms with E-state index in [1.807, 2.05) is 11.8 Å². The molecule has 2 saturated heterocycles. The Bertz CT molecular complexity index is 257. The smallest absolute Gasteiger partial charge is 0.311 e. The molecule has 0 bridgehead atoms. The van der Waals surface area contributed by atoms with Crippen LogP contribution >= 0.6 is 11.8 Å². The molecule has 0 saturated carbocycles. The van der Waals surface area contributed by atoms with Crippen molar-refractivity contribution in [2.45, 2.75) is 13.0 Å². The summed E-state index contributed by atoms with van der Waals surface area (Å²) in [5.41, 5.74) is 0. The van der Waals surface area contributed by atoms with Gasteiger partial charge in [0.15, 0.2) is 0 Å². The van der Waals surface area contributed by atoms with Crippen molar-refractivity contribution < 1.29 is 9.59 Å².